The number of rotatable bonds is 8. The van der Waals surface area contributed by atoms with Gasteiger partial charge in [0.15, 0.2) is 6.29 Å². The van der Waals surface area contributed by atoms with Crippen LogP contribution in [0, 0.1) is 0 Å². The molecular formula is C18H19F3N4O2S. The molecule has 10 heteroatoms. The fourth-order valence-electron chi connectivity index (χ4n) is 2.22. The number of carbonyl (C=O) groups is 1. The van der Waals surface area contributed by atoms with Gasteiger partial charge in [0, 0.05) is 17.6 Å². The highest BCUT2D eigenvalue weighted by Gasteiger charge is 2.27. The average molecular weight is 412 g/mol. The van der Waals surface area contributed by atoms with Crippen LogP contribution >= 0.6 is 11.3 Å². The maximum Gasteiger partial charge on any atom is 0.405 e. The van der Waals surface area contributed by atoms with Crippen LogP contribution in [0.1, 0.15) is 23.5 Å². The Hall–Kier alpha value is -2.72. The highest BCUT2D eigenvalue weighted by molar-refractivity contribution is 7.21. The first-order valence-corrected chi connectivity index (χ1v) is 9.05. The van der Waals surface area contributed by atoms with Crippen molar-refractivity contribution in [2.45, 2.75) is 26.1 Å². The van der Waals surface area contributed by atoms with Crippen molar-refractivity contribution in [1.82, 2.24) is 10.3 Å². The molecule has 1 unspecified atom stereocenters. The smallest absolute Gasteiger partial charge is 0.389 e. The number of aromatic nitrogens is 1. The summed E-state index contributed by atoms with van der Waals surface area (Å²) in [5.74, 6) is 0. The second kappa shape index (κ2) is 9.47. The van der Waals surface area contributed by atoms with Gasteiger partial charge in [0.1, 0.15) is 11.4 Å². The van der Waals surface area contributed by atoms with Crippen molar-refractivity contribution >= 4 is 45.6 Å². The fourth-order valence-corrected chi connectivity index (χ4v) is 3.15. The summed E-state index contributed by atoms with van der Waals surface area (Å²) >= 11 is 1.05. The minimum absolute atomic E-state index is 0.194. The Bertz CT molecular complexity index is 917. The third-order valence-corrected chi connectivity index (χ3v) is 4.48. The lowest BCUT2D eigenvalue weighted by Crippen LogP contribution is -2.21. The molecule has 0 bridgehead atoms. The molecule has 28 heavy (non-hydrogen) atoms. The average Bonchev–Trinajstić information content (AvgIpc) is 3.00. The van der Waals surface area contributed by atoms with Crippen molar-refractivity contribution in [3.05, 3.63) is 41.1 Å². The van der Waals surface area contributed by atoms with E-state index < -0.39 is 18.8 Å². The molecule has 3 N–H and O–H groups in total. The fraction of sp³-hybridized carbons (Fsp3) is 0.278. The van der Waals surface area contributed by atoms with Crippen LogP contribution in [0.5, 0.6) is 0 Å². The summed E-state index contributed by atoms with van der Waals surface area (Å²) in [6, 6.07) is 1.41. The summed E-state index contributed by atoms with van der Waals surface area (Å²) in [6.07, 6.45) is 3.25. The molecule has 0 saturated heterocycles. The van der Waals surface area contributed by atoms with Gasteiger partial charge in [0.2, 0.25) is 0 Å². The Kier molecular flexibility index (Phi) is 7.30. The van der Waals surface area contributed by atoms with Gasteiger partial charge in [0.05, 0.1) is 28.4 Å². The summed E-state index contributed by atoms with van der Waals surface area (Å²) < 4.78 is 37.7. The molecule has 0 radical (unpaired) electrons. The molecule has 1 atom stereocenters. The van der Waals surface area contributed by atoms with Crippen molar-refractivity contribution in [3.8, 4) is 0 Å². The third-order valence-electron chi connectivity index (χ3n) is 3.47. The maximum atomic E-state index is 12.6. The number of fused-ring (bicyclic) bond motifs is 1. The number of carbonyl (C=O) groups excluding carboxylic acids is 1. The number of halogens is 3. The van der Waals surface area contributed by atoms with E-state index >= 15 is 0 Å². The first-order valence-electron chi connectivity index (χ1n) is 8.24. The molecule has 2 aromatic heterocycles. The second-order valence-electron chi connectivity index (χ2n) is 5.69. The highest BCUT2D eigenvalue weighted by atomic mass is 32.1. The molecule has 0 aliphatic heterocycles. The number of hydrogen-bond donors (Lipinski definition) is 3. The van der Waals surface area contributed by atoms with E-state index in [0.717, 1.165) is 11.3 Å². The van der Waals surface area contributed by atoms with E-state index in [-0.39, 0.29) is 16.3 Å². The van der Waals surface area contributed by atoms with Crippen molar-refractivity contribution < 1.29 is 23.1 Å². The SMILES string of the molecule is C/C=C(\C=C/C(C)O)NC=Nc1c(C=O)sc2nccc(NCC(F)(F)F)c12. The number of pyridine rings is 1. The summed E-state index contributed by atoms with van der Waals surface area (Å²) in [7, 11) is 0. The van der Waals surface area contributed by atoms with E-state index in [9.17, 15) is 23.1 Å². The number of hydrogen-bond acceptors (Lipinski definition) is 6. The number of aldehydes is 1. The number of alkyl halides is 3. The largest absolute Gasteiger partial charge is 0.405 e. The molecule has 2 heterocycles. The first-order chi connectivity index (χ1) is 13.2. The van der Waals surface area contributed by atoms with Crippen molar-refractivity contribution in [2.24, 2.45) is 4.99 Å². The van der Waals surface area contributed by atoms with Crippen LogP contribution in [0.2, 0.25) is 0 Å². The van der Waals surface area contributed by atoms with E-state index in [2.05, 4.69) is 20.6 Å². The van der Waals surface area contributed by atoms with Gasteiger partial charge in [0.25, 0.3) is 0 Å². The monoisotopic (exact) mass is 412 g/mol. The van der Waals surface area contributed by atoms with Gasteiger partial charge in [-0.2, -0.15) is 13.2 Å². The Morgan fingerprint density at radius 2 is 2.21 bits per heavy atom. The van der Waals surface area contributed by atoms with E-state index in [0.29, 0.717) is 22.2 Å². The minimum atomic E-state index is -4.39. The topological polar surface area (TPSA) is 86.6 Å². The number of anilines is 1. The Morgan fingerprint density at radius 1 is 1.46 bits per heavy atom. The Balaban J connectivity index is 2.35. The standard InChI is InChI=1S/C18H19F3N4O2S/c1-3-12(5-4-11(2)27)24-10-25-16-14(8-26)28-17-15(16)13(6-7-22-17)23-9-18(19,20)21/h3-8,10-11,27H,9H2,1-2H3,(H,22,23)(H,24,25)/b5-4-,12-3+. The van der Waals surface area contributed by atoms with Crippen molar-refractivity contribution in [3.63, 3.8) is 0 Å². The summed E-state index contributed by atoms with van der Waals surface area (Å²) in [6.45, 7) is 2.17. The number of allylic oxidation sites excluding steroid dienone is 2. The lowest BCUT2D eigenvalue weighted by atomic mass is 10.2. The van der Waals surface area contributed by atoms with Crippen LogP contribution < -0.4 is 10.6 Å². The number of aliphatic imine (C=N–C) groups is 1. The lowest BCUT2D eigenvalue weighted by molar-refractivity contribution is -0.115. The summed E-state index contributed by atoms with van der Waals surface area (Å²) in [5, 5.41) is 14.9. The number of aliphatic hydroxyl groups is 1. The molecule has 0 aliphatic rings. The van der Waals surface area contributed by atoms with Crippen LogP contribution in [0.4, 0.5) is 24.5 Å². The molecular weight excluding hydrogens is 393 g/mol. The third kappa shape index (κ3) is 5.89. The first kappa shape index (κ1) is 21.6. The number of aliphatic hydroxyl groups excluding tert-OH is 1. The van der Waals surface area contributed by atoms with Crippen LogP contribution in [0.25, 0.3) is 10.2 Å². The van der Waals surface area contributed by atoms with Crippen LogP contribution in [0.15, 0.2) is 41.2 Å². The van der Waals surface area contributed by atoms with E-state index in [1.807, 2.05) is 0 Å². The predicted octanol–water partition coefficient (Wildman–Crippen LogP) is 4.17. The molecule has 0 spiro atoms. The van der Waals surface area contributed by atoms with Crippen LogP contribution in [-0.2, 0) is 0 Å². The van der Waals surface area contributed by atoms with Gasteiger partial charge < -0.3 is 15.7 Å². The minimum Gasteiger partial charge on any atom is -0.389 e. The molecule has 0 saturated carbocycles. The predicted molar refractivity (Wildman–Crippen MR) is 105 cm³/mol. The highest BCUT2D eigenvalue weighted by Crippen LogP contribution is 2.40. The zero-order chi connectivity index (χ0) is 20.7. The molecule has 2 rings (SSSR count). The van der Waals surface area contributed by atoms with Gasteiger partial charge in [-0.15, -0.1) is 11.3 Å². The normalized spacial score (nSPS) is 14.1. The van der Waals surface area contributed by atoms with Gasteiger partial charge in [-0.05, 0) is 26.0 Å². The zero-order valence-electron chi connectivity index (χ0n) is 15.1. The van der Waals surface area contributed by atoms with E-state index in [1.54, 1.807) is 32.1 Å². The van der Waals surface area contributed by atoms with Crippen LogP contribution in [-0.4, -0.2) is 41.5 Å². The zero-order valence-corrected chi connectivity index (χ0v) is 15.9. The van der Waals surface area contributed by atoms with Crippen LogP contribution in [0.3, 0.4) is 0 Å². The van der Waals surface area contributed by atoms with E-state index in [4.69, 9.17) is 0 Å². The molecule has 6 nitrogen and oxygen atoms in total. The summed E-state index contributed by atoms with van der Waals surface area (Å²) in [5.41, 5.74) is 1.07. The molecule has 2 aromatic rings. The maximum absolute atomic E-state index is 12.6. The number of nitrogens with zero attached hydrogens (tertiary/aromatic N) is 2. The molecule has 0 aliphatic carbocycles. The van der Waals surface area contributed by atoms with Gasteiger partial charge >= 0.3 is 6.18 Å². The molecule has 0 aromatic carbocycles. The summed E-state index contributed by atoms with van der Waals surface area (Å²) in [4.78, 5) is 20.4. The second-order valence-corrected chi connectivity index (χ2v) is 6.72. The quantitative estimate of drug-likeness (QED) is 0.262. The van der Waals surface area contributed by atoms with Crippen molar-refractivity contribution in [2.75, 3.05) is 11.9 Å². The number of thiophene rings is 1. The van der Waals surface area contributed by atoms with Gasteiger partial charge in [-0.3, -0.25) is 4.79 Å². The van der Waals surface area contributed by atoms with Gasteiger partial charge in [-0.1, -0.05) is 12.2 Å². The molecule has 0 amide bonds. The molecule has 150 valence electrons. The van der Waals surface area contributed by atoms with Crippen molar-refractivity contribution in [1.29, 1.82) is 0 Å². The van der Waals surface area contributed by atoms with E-state index in [1.165, 1.54) is 18.6 Å². The molecule has 0 fully saturated rings. The Labute approximate surface area is 163 Å². The number of nitrogens with one attached hydrogen (secondary N) is 2. The Morgan fingerprint density at radius 3 is 2.82 bits per heavy atom. The van der Waals surface area contributed by atoms with Gasteiger partial charge in [-0.25, -0.2) is 9.98 Å². The lowest BCUT2D eigenvalue weighted by Gasteiger charge is -2.10.